The molecule has 0 bridgehead atoms. The van der Waals surface area contributed by atoms with Crippen molar-refractivity contribution in [3.05, 3.63) is 42.2 Å². The van der Waals surface area contributed by atoms with Crippen LogP contribution in [-0.4, -0.2) is 51.0 Å². The number of anilines is 1. The highest BCUT2D eigenvalue weighted by Crippen LogP contribution is 2.26. The van der Waals surface area contributed by atoms with Gasteiger partial charge in [-0.3, -0.25) is 4.90 Å². The third-order valence-electron chi connectivity index (χ3n) is 5.00. The molecule has 0 spiro atoms. The summed E-state index contributed by atoms with van der Waals surface area (Å²) in [7, 11) is 0. The second-order valence-electron chi connectivity index (χ2n) is 6.75. The molecule has 24 heavy (non-hydrogen) atoms. The van der Waals surface area contributed by atoms with Crippen molar-refractivity contribution in [2.24, 2.45) is 0 Å². The van der Waals surface area contributed by atoms with Crippen LogP contribution >= 0.6 is 0 Å². The van der Waals surface area contributed by atoms with Crippen molar-refractivity contribution < 1.29 is 0 Å². The molecule has 0 N–H and O–H groups in total. The molecule has 6 nitrogen and oxygen atoms in total. The molecule has 4 heterocycles. The van der Waals surface area contributed by atoms with Gasteiger partial charge in [-0.1, -0.05) is 0 Å². The molecule has 0 amide bonds. The van der Waals surface area contributed by atoms with Crippen LogP contribution in [0.1, 0.15) is 43.0 Å². The first kappa shape index (κ1) is 15.4. The maximum atomic E-state index is 4.79. The summed E-state index contributed by atoms with van der Waals surface area (Å²) in [5.41, 5.74) is 2.28. The number of rotatable bonds is 4. The van der Waals surface area contributed by atoms with Crippen molar-refractivity contribution in [3.63, 3.8) is 0 Å². The molecular formula is C18H24N6. The van der Waals surface area contributed by atoms with Crippen molar-refractivity contribution in [2.75, 3.05) is 31.1 Å². The van der Waals surface area contributed by atoms with Gasteiger partial charge in [0.05, 0.1) is 5.69 Å². The summed E-state index contributed by atoms with van der Waals surface area (Å²) < 4.78 is 0. The van der Waals surface area contributed by atoms with Gasteiger partial charge in [0.2, 0.25) is 5.95 Å². The number of hydrogen-bond donors (Lipinski definition) is 0. The van der Waals surface area contributed by atoms with Crippen LogP contribution in [-0.2, 0) is 6.54 Å². The Morgan fingerprint density at radius 3 is 2.75 bits per heavy atom. The number of hydrogen-bond acceptors (Lipinski definition) is 6. The minimum absolute atomic E-state index is 0.502. The minimum Gasteiger partial charge on any atom is -0.341 e. The molecule has 0 saturated carbocycles. The summed E-state index contributed by atoms with van der Waals surface area (Å²) in [6.45, 7) is 5.24. The third kappa shape index (κ3) is 3.53. The number of aromatic nitrogens is 4. The Labute approximate surface area is 143 Å². The summed E-state index contributed by atoms with van der Waals surface area (Å²) in [6.07, 6.45) is 10.3. The lowest BCUT2D eigenvalue weighted by molar-refractivity contribution is 0.196. The molecule has 0 aliphatic carbocycles. The Morgan fingerprint density at radius 1 is 1.00 bits per heavy atom. The normalized spacial score (nSPS) is 22.0. The first-order valence-corrected chi connectivity index (χ1v) is 8.93. The lowest BCUT2D eigenvalue weighted by atomic mass is 9.94. The number of piperidine rings is 1. The number of nitrogens with zero attached hydrogens (tertiary/aromatic N) is 6. The van der Waals surface area contributed by atoms with E-state index in [1.165, 1.54) is 25.7 Å². The summed E-state index contributed by atoms with van der Waals surface area (Å²) in [5, 5.41) is 0. The Balaban J connectivity index is 1.42. The lowest BCUT2D eigenvalue weighted by Gasteiger charge is -2.32. The standard InChI is InChI=1S/C18H24N6/c1-2-11-24(10-1)18-20-8-5-16(22-18)13-23-9-3-4-15(12-23)17-6-7-19-14-21-17/h5-8,14-15H,1-4,9-13H2. The topological polar surface area (TPSA) is 58.0 Å². The molecule has 2 aromatic rings. The van der Waals surface area contributed by atoms with Gasteiger partial charge < -0.3 is 4.90 Å². The van der Waals surface area contributed by atoms with Crippen LogP contribution in [0, 0.1) is 0 Å². The fourth-order valence-electron chi connectivity index (χ4n) is 3.75. The van der Waals surface area contributed by atoms with Crippen molar-refractivity contribution in [2.45, 2.75) is 38.1 Å². The highest BCUT2D eigenvalue weighted by molar-refractivity contribution is 5.31. The Hall–Kier alpha value is -2.08. The largest absolute Gasteiger partial charge is 0.341 e. The predicted molar refractivity (Wildman–Crippen MR) is 92.8 cm³/mol. The molecular weight excluding hydrogens is 300 g/mol. The maximum Gasteiger partial charge on any atom is 0.225 e. The van der Waals surface area contributed by atoms with Crippen molar-refractivity contribution in [1.82, 2.24) is 24.8 Å². The van der Waals surface area contributed by atoms with E-state index < -0.39 is 0 Å². The molecule has 2 fully saturated rings. The zero-order chi connectivity index (χ0) is 16.2. The molecule has 0 radical (unpaired) electrons. The van der Waals surface area contributed by atoms with Crippen LogP contribution in [0.25, 0.3) is 0 Å². The van der Waals surface area contributed by atoms with Gasteiger partial charge in [-0.15, -0.1) is 0 Å². The summed E-state index contributed by atoms with van der Waals surface area (Å²) in [5.74, 6) is 1.40. The van der Waals surface area contributed by atoms with E-state index in [0.717, 1.165) is 50.1 Å². The van der Waals surface area contributed by atoms with Gasteiger partial charge in [-0.25, -0.2) is 19.9 Å². The van der Waals surface area contributed by atoms with Crippen molar-refractivity contribution in [1.29, 1.82) is 0 Å². The molecule has 1 unspecified atom stereocenters. The van der Waals surface area contributed by atoms with E-state index in [1.807, 2.05) is 24.5 Å². The molecule has 6 heteroatoms. The van der Waals surface area contributed by atoms with Crippen LogP contribution in [0.15, 0.2) is 30.9 Å². The Morgan fingerprint density at radius 2 is 1.92 bits per heavy atom. The van der Waals surface area contributed by atoms with Crippen LogP contribution in [0.2, 0.25) is 0 Å². The van der Waals surface area contributed by atoms with E-state index in [0.29, 0.717) is 5.92 Å². The summed E-state index contributed by atoms with van der Waals surface area (Å²) >= 11 is 0. The first-order valence-electron chi connectivity index (χ1n) is 8.93. The molecule has 1 atom stereocenters. The van der Waals surface area contributed by atoms with E-state index in [4.69, 9.17) is 4.98 Å². The molecule has 2 aromatic heterocycles. The summed E-state index contributed by atoms with van der Waals surface area (Å²) in [4.78, 5) is 22.5. The smallest absolute Gasteiger partial charge is 0.225 e. The second kappa shape index (κ2) is 7.21. The highest BCUT2D eigenvalue weighted by Gasteiger charge is 2.23. The molecule has 2 aliphatic rings. The van der Waals surface area contributed by atoms with E-state index >= 15 is 0 Å². The quantitative estimate of drug-likeness (QED) is 0.860. The van der Waals surface area contributed by atoms with Crippen LogP contribution in [0.5, 0.6) is 0 Å². The van der Waals surface area contributed by atoms with E-state index in [2.05, 4.69) is 24.8 Å². The van der Waals surface area contributed by atoms with Gasteiger partial charge in [0, 0.05) is 50.2 Å². The minimum atomic E-state index is 0.502. The first-order chi connectivity index (χ1) is 11.9. The maximum absolute atomic E-state index is 4.79. The molecule has 126 valence electrons. The highest BCUT2D eigenvalue weighted by atomic mass is 15.3. The molecule has 2 aliphatic heterocycles. The second-order valence-corrected chi connectivity index (χ2v) is 6.75. The van der Waals surface area contributed by atoms with E-state index in [1.54, 1.807) is 6.33 Å². The zero-order valence-electron chi connectivity index (χ0n) is 14.0. The van der Waals surface area contributed by atoms with Gasteiger partial charge >= 0.3 is 0 Å². The van der Waals surface area contributed by atoms with Gasteiger partial charge in [0.15, 0.2) is 0 Å². The van der Waals surface area contributed by atoms with E-state index in [-0.39, 0.29) is 0 Å². The zero-order valence-corrected chi connectivity index (χ0v) is 14.0. The lowest BCUT2D eigenvalue weighted by Crippen LogP contribution is -2.34. The Bertz CT molecular complexity index is 656. The van der Waals surface area contributed by atoms with Crippen LogP contribution < -0.4 is 4.90 Å². The van der Waals surface area contributed by atoms with Crippen LogP contribution in [0.3, 0.4) is 0 Å². The van der Waals surface area contributed by atoms with Gasteiger partial charge in [-0.2, -0.15) is 0 Å². The fourth-order valence-corrected chi connectivity index (χ4v) is 3.75. The van der Waals surface area contributed by atoms with Crippen molar-refractivity contribution in [3.8, 4) is 0 Å². The van der Waals surface area contributed by atoms with Crippen LogP contribution in [0.4, 0.5) is 5.95 Å². The predicted octanol–water partition coefficient (Wildman–Crippen LogP) is 2.25. The molecule has 4 rings (SSSR count). The summed E-state index contributed by atoms with van der Waals surface area (Å²) in [6, 6.07) is 4.10. The molecule has 2 saturated heterocycles. The van der Waals surface area contributed by atoms with Gasteiger partial charge in [0.25, 0.3) is 0 Å². The van der Waals surface area contributed by atoms with Crippen molar-refractivity contribution >= 4 is 5.95 Å². The average Bonchev–Trinajstić information content (AvgIpc) is 3.18. The monoisotopic (exact) mass is 324 g/mol. The SMILES string of the molecule is c1cc(C2CCCN(Cc3ccnc(N4CCCC4)n3)C2)ncn1. The fraction of sp³-hybridized carbons (Fsp3) is 0.556. The number of likely N-dealkylation sites (tertiary alicyclic amines) is 1. The van der Waals surface area contributed by atoms with E-state index in [9.17, 15) is 0 Å². The Kier molecular flexibility index (Phi) is 4.64. The third-order valence-corrected chi connectivity index (χ3v) is 5.00. The average molecular weight is 324 g/mol. The van der Waals surface area contributed by atoms with Gasteiger partial charge in [-0.05, 0) is 44.4 Å². The van der Waals surface area contributed by atoms with Gasteiger partial charge in [0.1, 0.15) is 6.33 Å². The molecule has 0 aromatic carbocycles.